The van der Waals surface area contributed by atoms with Crippen LogP contribution in [0.3, 0.4) is 0 Å². The molecular formula is C13H28N2VW. The van der Waals surface area contributed by atoms with Crippen LogP contribution in [-0.4, -0.2) is 38.6 Å². The third-order valence-corrected chi connectivity index (χ3v) is 2.63. The van der Waals surface area contributed by atoms with Crippen LogP contribution in [0.2, 0.25) is 0 Å². The van der Waals surface area contributed by atoms with Gasteiger partial charge in [-0.2, -0.15) is 13.0 Å². The second kappa shape index (κ2) is 17.2. The van der Waals surface area contributed by atoms with Gasteiger partial charge in [-0.15, -0.1) is 12.6 Å². The van der Waals surface area contributed by atoms with Gasteiger partial charge in [0, 0.05) is 0 Å². The van der Waals surface area contributed by atoms with Crippen molar-refractivity contribution in [1.82, 2.24) is 4.90 Å². The van der Waals surface area contributed by atoms with Gasteiger partial charge in [0.25, 0.3) is 0 Å². The first-order chi connectivity index (χ1) is 6.60. The Kier molecular flexibility index (Phi) is 27.0. The molecule has 0 spiro atoms. The SMILES string of the molecule is [CH2-]C1CCC([N-]C)CC1.[CH2-]CN(C)C.[CH3-].[V+2].[W+2]. The summed E-state index contributed by atoms with van der Waals surface area (Å²) in [6, 6.07) is 0.656. The van der Waals surface area contributed by atoms with Gasteiger partial charge in [-0.1, -0.05) is 25.7 Å². The summed E-state index contributed by atoms with van der Waals surface area (Å²) < 4.78 is 0. The molecule has 1 saturated carbocycles. The molecule has 0 N–H and O–H groups in total. The van der Waals surface area contributed by atoms with Crippen LogP contribution in [-0.2, 0) is 39.6 Å². The Hall–Kier alpha value is 1.19. The molecule has 0 amide bonds. The average Bonchev–Trinajstić information content (AvgIpc) is 2.20. The van der Waals surface area contributed by atoms with E-state index in [0.29, 0.717) is 12.0 Å². The van der Waals surface area contributed by atoms with Gasteiger partial charge in [0.2, 0.25) is 0 Å². The smallest absolute Gasteiger partial charge is 0.662 e. The van der Waals surface area contributed by atoms with E-state index in [1.165, 1.54) is 25.7 Å². The standard InChI is InChI=1S/C8H15N.C4H10N.CH3.V.W/c1-7-3-5-8(9-2)6-4-7;1-4-5(2)3;;;/h7-8H,1,3-6H2,2H3;1,4H2,2-3H3;1H3;;/q-2;2*-1;2*+2. The maximum atomic E-state index is 4.25. The molecule has 17 heavy (non-hydrogen) atoms. The van der Waals surface area contributed by atoms with E-state index in [2.05, 4.69) is 19.2 Å². The largest absolute Gasteiger partial charge is 2.00 e. The Bertz CT molecular complexity index is 127. The van der Waals surface area contributed by atoms with Gasteiger partial charge < -0.3 is 31.5 Å². The molecule has 0 heterocycles. The van der Waals surface area contributed by atoms with Crippen LogP contribution in [0, 0.1) is 27.2 Å². The first-order valence-corrected chi connectivity index (χ1v) is 5.46. The minimum atomic E-state index is 0. The van der Waals surface area contributed by atoms with E-state index in [4.69, 9.17) is 0 Å². The second-order valence-electron chi connectivity index (χ2n) is 4.24. The van der Waals surface area contributed by atoms with Crippen molar-refractivity contribution in [2.75, 3.05) is 27.7 Å². The molecule has 0 aromatic heterocycles. The van der Waals surface area contributed by atoms with Crippen LogP contribution in [0.4, 0.5) is 0 Å². The molecular weight excluding hydrogens is 419 g/mol. The van der Waals surface area contributed by atoms with Crippen LogP contribution >= 0.6 is 0 Å². The van der Waals surface area contributed by atoms with Crippen molar-refractivity contribution in [2.45, 2.75) is 31.7 Å². The third-order valence-electron chi connectivity index (χ3n) is 2.63. The average molecular weight is 447 g/mol. The summed E-state index contributed by atoms with van der Waals surface area (Å²) >= 11 is 0. The molecule has 0 aromatic carbocycles. The molecule has 0 aromatic rings. The molecule has 0 atom stereocenters. The fourth-order valence-corrected chi connectivity index (χ4v) is 1.40. The fraction of sp³-hybridized carbons (Fsp3) is 0.769. The van der Waals surface area contributed by atoms with E-state index >= 15 is 0 Å². The van der Waals surface area contributed by atoms with Crippen LogP contribution in [0.25, 0.3) is 5.32 Å². The molecule has 4 heteroatoms. The summed E-state index contributed by atoms with van der Waals surface area (Å²) in [5.41, 5.74) is 0. The molecule has 1 fully saturated rings. The monoisotopic (exact) mass is 447 g/mol. The van der Waals surface area contributed by atoms with E-state index in [1.54, 1.807) is 0 Å². The van der Waals surface area contributed by atoms with Gasteiger partial charge >= 0.3 is 39.6 Å². The van der Waals surface area contributed by atoms with E-state index < -0.39 is 0 Å². The zero-order valence-corrected chi connectivity index (χ0v) is 16.2. The summed E-state index contributed by atoms with van der Waals surface area (Å²) in [5, 5.41) is 4.25. The van der Waals surface area contributed by atoms with Gasteiger partial charge in [0.1, 0.15) is 0 Å². The van der Waals surface area contributed by atoms with Gasteiger partial charge in [-0.3, -0.25) is 0 Å². The van der Waals surface area contributed by atoms with Gasteiger partial charge in [0.15, 0.2) is 0 Å². The van der Waals surface area contributed by atoms with Gasteiger partial charge in [-0.25, -0.2) is 0 Å². The van der Waals surface area contributed by atoms with Crippen molar-refractivity contribution >= 4 is 0 Å². The molecule has 1 aliphatic carbocycles. The Labute approximate surface area is 136 Å². The van der Waals surface area contributed by atoms with Crippen molar-refractivity contribution in [3.05, 3.63) is 26.6 Å². The zero-order chi connectivity index (χ0) is 11.0. The normalized spacial score (nSPS) is 22.2. The maximum Gasteiger partial charge on any atom is 2.00 e. The molecule has 0 saturated heterocycles. The molecule has 1 rings (SSSR count). The molecule has 101 valence electrons. The maximum absolute atomic E-state index is 4.25. The summed E-state index contributed by atoms with van der Waals surface area (Å²) in [5.74, 6) is 0.711. The van der Waals surface area contributed by atoms with E-state index in [1.807, 2.05) is 26.0 Å². The molecule has 0 unspecified atom stereocenters. The fourth-order valence-electron chi connectivity index (χ4n) is 1.40. The third kappa shape index (κ3) is 17.2. The molecule has 0 bridgehead atoms. The van der Waals surface area contributed by atoms with Gasteiger partial charge in [-0.05, 0) is 14.1 Å². The van der Waals surface area contributed by atoms with Crippen LogP contribution in [0.5, 0.6) is 0 Å². The van der Waals surface area contributed by atoms with Crippen LogP contribution in [0.15, 0.2) is 0 Å². The minimum Gasteiger partial charge on any atom is -0.662 e. The Morgan fingerprint density at radius 3 is 1.76 bits per heavy atom. The second-order valence-corrected chi connectivity index (χ2v) is 4.24. The van der Waals surface area contributed by atoms with E-state index in [-0.39, 0.29) is 47.0 Å². The quantitative estimate of drug-likeness (QED) is 0.595. The first kappa shape index (κ1) is 26.7. The van der Waals surface area contributed by atoms with Crippen molar-refractivity contribution < 1.29 is 39.6 Å². The summed E-state index contributed by atoms with van der Waals surface area (Å²) in [6.07, 6.45) is 5.10. The predicted octanol–water partition coefficient (Wildman–Crippen LogP) is 3.21. The van der Waals surface area contributed by atoms with Crippen LogP contribution < -0.4 is 0 Å². The van der Waals surface area contributed by atoms with Crippen molar-refractivity contribution in [3.63, 3.8) is 0 Å². The van der Waals surface area contributed by atoms with Crippen molar-refractivity contribution in [2.24, 2.45) is 5.92 Å². The zero-order valence-electron chi connectivity index (χ0n) is 11.9. The molecule has 2 nitrogen and oxygen atoms in total. The molecule has 0 aliphatic heterocycles. The number of hydrogen-bond donors (Lipinski definition) is 0. The minimum absolute atomic E-state index is 0. The van der Waals surface area contributed by atoms with Gasteiger partial charge in [0.05, 0.1) is 0 Å². The molecule has 1 radical (unpaired) electrons. The Morgan fingerprint density at radius 1 is 1.18 bits per heavy atom. The number of nitrogens with zero attached hydrogens (tertiary/aromatic N) is 2. The predicted molar refractivity (Wildman–Crippen MR) is 70.7 cm³/mol. The number of hydrogen-bond acceptors (Lipinski definition) is 1. The van der Waals surface area contributed by atoms with Crippen molar-refractivity contribution in [1.29, 1.82) is 0 Å². The number of rotatable bonds is 2. The van der Waals surface area contributed by atoms with E-state index in [0.717, 1.165) is 6.54 Å². The Morgan fingerprint density at radius 2 is 1.53 bits per heavy atom. The van der Waals surface area contributed by atoms with Crippen LogP contribution in [0.1, 0.15) is 25.7 Å². The summed E-state index contributed by atoms with van der Waals surface area (Å²) in [4.78, 5) is 2.01. The molecule has 1 aliphatic rings. The topological polar surface area (TPSA) is 17.3 Å². The Balaban J connectivity index is -0.0000000948. The first-order valence-electron chi connectivity index (χ1n) is 5.46. The summed E-state index contributed by atoms with van der Waals surface area (Å²) in [7, 11) is 5.91. The van der Waals surface area contributed by atoms with Crippen molar-refractivity contribution in [3.8, 4) is 0 Å². The summed E-state index contributed by atoms with van der Waals surface area (Å²) in [6.45, 7) is 8.52. The van der Waals surface area contributed by atoms with E-state index in [9.17, 15) is 0 Å².